The van der Waals surface area contributed by atoms with Crippen molar-refractivity contribution in [3.05, 3.63) is 35.9 Å². The molecule has 0 N–H and O–H groups in total. The van der Waals surface area contributed by atoms with E-state index in [9.17, 15) is 14.4 Å². The normalized spacial score (nSPS) is 20.7. The molecule has 124 valence electrons. The topological polar surface area (TPSA) is 78.9 Å². The Kier molecular flexibility index (Phi) is 5.03. The Morgan fingerprint density at radius 2 is 1.83 bits per heavy atom. The summed E-state index contributed by atoms with van der Waals surface area (Å²) in [6, 6.07) is 9.10. The van der Waals surface area contributed by atoms with E-state index < -0.39 is 35.5 Å². The molecule has 0 bridgehead atoms. The molecular formula is C17H20O6. The van der Waals surface area contributed by atoms with E-state index in [-0.39, 0.29) is 13.0 Å². The van der Waals surface area contributed by atoms with E-state index in [4.69, 9.17) is 14.2 Å². The molecule has 1 aliphatic rings. The van der Waals surface area contributed by atoms with Gasteiger partial charge in [0.05, 0.1) is 6.42 Å². The van der Waals surface area contributed by atoms with Gasteiger partial charge in [-0.15, -0.1) is 0 Å². The minimum atomic E-state index is -1.25. The minimum Gasteiger partial charge on any atom is -0.460 e. The van der Waals surface area contributed by atoms with Gasteiger partial charge in [0.1, 0.15) is 18.1 Å². The highest BCUT2D eigenvalue weighted by Gasteiger charge is 2.47. The Bertz CT molecular complexity index is 587. The smallest absolute Gasteiger partial charge is 0.348 e. The Morgan fingerprint density at radius 1 is 1.17 bits per heavy atom. The van der Waals surface area contributed by atoms with E-state index in [2.05, 4.69) is 0 Å². The van der Waals surface area contributed by atoms with Gasteiger partial charge < -0.3 is 14.2 Å². The van der Waals surface area contributed by atoms with Crippen molar-refractivity contribution in [1.82, 2.24) is 0 Å². The van der Waals surface area contributed by atoms with Crippen molar-refractivity contribution in [2.45, 2.75) is 45.5 Å². The molecule has 1 fully saturated rings. The van der Waals surface area contributed by atoms with Crippen LogP contribution in [0.15, 0.2) is 30.3 Å². The average Bonchev–Trinajstić information content (AvgIpc) is 2.86. The second kappa shape index (κ2) is 6.81. The number of cyclic esters (lactones) is 1. The van der Waals surface area contributed by atoms with Crippen molar-refractivity contribution in [3.63, 3.8) is 0 Å². The third-order valence-electron chi connectivity index (χ3n) is 3.18. The van der Waals surface area contributed by atoms with Crippen LogP contribution in [0.1, 0.15) is 32.8 Å². The summed E-state index contributed by atoms with van der Waals surface area (Å²) in [5.74, 6) is -2.95. The number of benzene rings is 1. The van der Waals surface area contributed by atoms with Gasteiger partial charge in [0.25, 0.3) is 0 Å². The highest BCUT2D eigenvalue weighted by atomic mass is 16.6. The fourth-order valence-electron chi connectivity index (χ4n) is 2.17. The van der Waals surface area contributed by atoms with Crippen LogP contribution in [0.5, 0.6) is 0 Å². The first-order valence-electron chi connectivity index (χ1n) is 7.39. The maximum Gasteiger partial charge on any atom is 0.348 e. The number of ether oxygens (including phenoxy) is 3. The number of esters is 3. The molecule has 0 saturated carbocycles. The van der Waals surface area contributed by atoms with Crippen molar-refractivity contribution in [1.29, 1.82) is 0 Å². The molecule has 23 heavy (non-hydrogen) atoms. The van der Waals surface area contributed by atoms with Crippen molar-refractivity contribution in [3.8, 4) is 0 Å². The quantitative estimate of drug-likeness (QED) is 0.624. The van der Waals surface area contributed by atoms with Gasteiger partial charge in [-0.1, -0.05) is 30.3 Å². The average molecular weight is 320 g/mol. The number of rotatable bonds is 4. The Hall–Kier alpha value is -2.37. The summed E-state index contributed by atoms with van der Waals surface area (Å²) in [6.45, 7) is 5.19. The summed E-state index contributed by atoms with van der Waals surface area (Å²) in [6.07, 6.45) is -1.43. The molecule has 6 heteroatoms. The van der Waals surface area contributed by atoms with E-state index in [1.165, 1.54) is 0 Å². The van der Waals surface area contributed by atoms with Gasteiger partial charge in [-0.3, -0.25) is 9.59 Å². The molecule has 2 atom stereocenters. The predicted molar refractivity (Wildman–Crippen MR) is 80.1 cm³/mol. The minimum absolute atomic E-state index is 0.0504. The molecule has 1 aliphatic heterocycles. The molecule has 0 aromatic heterocycles. The standard InChI is InChI=1S/C17H20O6/c1-17(2,3)23-15(19)12-9-13(18)22-14(12)16(20)21-10-11-7-5-4-6-8-11/h4-8,12,14H,9-10H2,1-3H3/t12-,14-/m0/s1. The zero-order chi connectivity index (χ0) is 17.0. The van der Waals surface area contributed by atoms with Gasteiger partial charge in [0.2, 0.25) is 6.10 Å². The first-order valence-corrected chi connectivity index (χ1v) is 7.39. The van der Waals surface area contributed by atoms with Crippen LogP contribution in [0.25, 0.3) is 0 Å². The van der Waals surface area contributed by atoms with Crippen molar-refractivity contribution in [2.75, 3.05) is 0 Å². The van der Waals surface area contributed by atoms with Gasteiger partial charge >= 0.3 is 17.9 Å². The van der Waals surface area contributed by atoms with Gasteiger partial charge in [-0.05, 0) is 26.3 Å². The number of carbonyl (C=O) groups excluding carboxylic acids is 3. The van der Waals surface area contributed by atoms with Gasteiger partial charge in [-0.2, -0.15) is 0 Å². The van der Waals surface area contributed by atoms with Crippen LogP contribution in [0.2, 0.25) is 0 Å². The van der Waals surface area contributed by atoms with Crippen molar-refractivity contribution >= 4 is 17.9 Å². The molecule has 1 aromatic rings. The monoisotopic (exact) mass is 320 g/mol. The van der Waals surface area contributed by atoms with Gasteiger partial charge in [-0.25, -0.2) is 4.79 Å². The van der Waals surface area contributed by atoms with E-state index in [1.54, 1.807) is 32.9 Å². The molecule has 0 amide bonds. The second-order valence-corrected chi connectivity index (χ2v) is 6.35. The molecule has 0 aliphatic carbocycles. The highest BCUT2D eigenvalue weighted by molar-refractivity contribution is 5.92. The highest BCUT2D eigenvalue weighted by Crippen LogP contribution is 2.26. The van der Waals surface area contributed by atoms with Gasteiger partial charge in [0, 0.05) is 0 Å². The maximum atomic E-state index is 12.1. The van der Waals surface area contributed by atoms with E-state index >= 15 is 0 Å². The summed E-state index contributed by atoms with van der Waals surface area (Å²) in [7, 11) is 0. The second-order valence-electron chi connectivity index (χ2n) is 6.35. The fourth-order valence-corrected chi connectivity index (χ4v) is 2.17. The van der Waals surface area contributed by atoms with Crippen LogP contribution >= 0.6 is 0 Å². The molecule has 6 nitrogen and oxygen atoms in total. The predicted octanol–water partition coefficient (Wildman–Crippen LogP) is 2.00. The zero-order valence-corrected chi connectivity index (χ0v) is 13.4. The number of carbonyl (C=O) groups is 3. The van der Waals surface area contributed by atoms with Gasteiger partial charge in [0.15, 0.2) is 0 Å². The van der Waals surface area contributed by atoms with E-state index in [1.807, 2.05) is 18.2 Å². The summed E-state index contributed by atoms with van der Waals surface area (Å²) in [5, 5.41) is 0. The first-order chi connectivity index (χ1) is 10.8. The SMILES string of the molecule is CC(C)(C)OC(=O)[C@H]1CC(=O)O[C@@H]1C(=O)OCc1ccccc1. The lowest BCUT2D eigenvalue weighted by Crippen LogP contribution is -2.37. The van der Waals surface area contributed by atoms with Crippen LogP contribution in [0.4, 0.5) is 0 Å². The molecule has 1 saturated heterocycles. The van der Waals surface area contributed by atoms with Crippen molar-refractivity contribution in [2.24, 2.45) is 5.92 Å². The maximum absolute atomic E-state index is 12.1. The molecule has 1 heterocycles. The van der Waals surface area contributed by atoms with Crippen LogP contribution in [0.3, 0.4) is 0 Å². The summed E-state index contributed by atoms with van der Waals surface area (Å²) in [5.41, 5.74) is 0.0975. The summed E-state index contributed by atoms with van der Waals surface area (Å²) >= 11 is 0. The van der Waals surface area contributed by atoms with Crippen molar-refractivity contribution < 1.29 is 28.6 Å². The lowest BCUT2D eigenvalue weighted by atomic mass is 10.0. The number of hydrogen-bond acceptors (Lipinski definition) is 6. The Labute approximate surface area is 134 Å². The Balaban J connectivity index is 1.99. The Morgan fingerprint density at radius 3 is 2.43 bits per heavy atom. The van der Waals surface area contributed by atoms with E-state index in [0.29, 0.717) is 0 Å². The van der Waals surface area contributed by atoms with Crippen LogP contribution in [-0.2, 0) is 35.2 Å². The molecule has 1 aromatic carbocycles. The largest absolute Gasteiger partial charge is 0.460 e. The van der Waals surface area contributed by atoms with Crippen LogP contribution < -0.4 is 0 Å². The number of hydrogen-bond donors (Lipinski definition) is 0. The van der Waals surface area contributed by atoms with Crippen LogP contribution in [-0.4, -0.2) is 29.6 Å². The molecular weight excluding hydrogens is 300 g/mol. The lowest BCUT2D eigenvalue weighted by molar-refractivity contribution is -0.172. The first kappa shape index (κ1) is 17.0. The third kappa shape index (κ3) is 4.81. The van der Waals surface area contributed by atoms with Crippen LogP contribution in [0, 0.1) is 5.92 Å². The fraction of sp³-hybridized carbons (Fsp3) is 0.471. The molecule has 0 spiro atoms. The summed E-state index contributed by atoms with van der Waals surface area (Å²) in [4.78, 5) is 35.7. The molecule has 2 rings (SSSR count). The molecule has 0 unspecified atom stereocenters. The third-order valence-corrected chi connectivity index (χ3v) is 3.18. The lowest BCUT2D eigenvalue weighted by Gasteiger charge is -2.23. The molecule has 0 radical (unpaired) electrons. The van der Waals surface area contributed by atoms with E-state index in [0.717, 1.165) is 5.56 Å². The zero-order valence-electron chi connectivity index (χ0n) is 13.4. The summed E-state index contributed by atoms with van der Waals surface area (Å²) < 4.78 is 15.3.